The monoisotopic (exact) mass is 406 g/mol. The molecule has 1 unspecified atom stereocenters. The molecule has 2 heterocycles. The van der Waals surface area contributed by atoms with Crippen LogP contribution in [0.5, 0.6) is 0 Å². The lowest BCUT2D eigenvalue weighted by Gasteiger charge is -2.35. The molecule has 6 nitrogen and oxygen atoms in total. The molecule has 0 spiro atoms. The first-order valence-electron chi connectivity index (χ1n) is 6.77. The Morgan fingerprint density at radius 1 is 1.35 bits per heavy atom. The predicted molar refractivity (Wildman–Crippen MR) is 100 cm³/mol. The summed E-state index contributed by atoms with van der Waals surface area (Å²) in [6, 6.07) is -0.546. The molecular formula is C13H25Cl3N4O2S. The number of nitrogens with zero attached hydrogens (tertiary/aromatic N) is 3. The quantitative estimate of drug-likeness (QED) is 0.797. The molecule has 1 aliphatic heterocycles. The van der Waals surface area contributed by atoms with Crippen LogP contribution in [0.2, 0.25) is 0 Å². The topological polar surface area (TPSA) is 71.7 Å². The molecule has 136 valence electrons. The Labute approximate surface area is 160 Å². The normalized spacial score (nSPS) is 15.9. The minimum absolute atomic E-state index is 0. The predicted octanol–water partition coefficient (Wildman–Crippen LogP) is 1.33. The molecule has 1 fully saturated rings. The van der Waals surface area contributed by atoms with Crippen molar-refractivity contribution in [2.24, 2.45) is 5.73 Å². The fourth-order valence-corrected chi connectivity index (χ4v) is 3.15. The largest absolute Gasteiger partial charge is 0.383 e. The maximum Gasteiger partial charge on any atom is 0.241 e. The van der Waals surface area contributed by atoms with Crippen molar-refractivity contribution in [1.29, 1.82) is 0 Å². The number of hydrogen-bond donors (Lipinski definition) is 1. The number of amides is 1. The summed E-state index contributed by atoms with van der Waals surface area (Å²) in [6.45, 7) is 6.42. The molecule has 10 heteroatoms. The van der Waals surface area contributed by atoms with Crippen molar-refractivity contribution >= 4 is 54.5 Å². The van der Waals surface area contributed by atoms with Crippen LogP contribution < -0.4 is 5.73 Å². The summed E-state index contributed by atoms with van der Waals surface area (Å²) >= 11 is 1.73. The van der Waals surface area contributed by atoms with Gasteiger partial charge >= 0.3 is 0 Å². The number of carbonyl (C=O) groups is 1. The van der Waals surface area contributed by atoms with Crippen molar-refractivity contribution in [1.82, 2.24) is 14.8 Å². The second-order valence-corrected chi connectivity index (χ2v) is 6.33. The molecule has 1 aromatic heterocycles. The van der Waals surface area contributed by atoms with Crippen LogP contribution in [0.4, 0.5) is 0 Å². The highest BCUT2D eigenvalue weighted by molar-refractivity contribution is 7.11. The summed E-state index contributed by atoms with van der Waals surface area (Å²) in [5.74, 6) is -0.0138. The van der Waals surface area contributed by atoms with Crippen molar-refractivity contribution in [2.45, 2.75) is 19.5 Å². The van der Waals surface area contributed by atoms with E-state index < -0.39 is 6.04 Å². The number of carbonyl (C=O) groups excluding carboxylic acids is 1. The van der Waals surface area contributed by atoms with E-state index in [1.807, 2.05) is 18.0 Å². The number of piperazine rings is 1. The van der Waals surface area contributed by atoms with Crippen LogP contribution in [0, 0.1) is 6.92 Å². The van der Waals surface area contributed by atoms with Crippen LogP contribution in [0.1, 0.15) is 9.88 Å². The third-order valence-electron chi connectivity index (χ3n) is 3.40. The molecule has 1 atom stereocenters. The van der Waals surface area contributed by atoms with Gasteiger partial charge in [0.25, 0.3) is 0 Å². The number of methoxy groups -OCH3 is 1. The maximum atomic E-state index is 12.1. The first-order chi connectivity index (χ1) is 9.60. The summed E-state index contributed by atoms with van der Waals surface area (Å²) in [6.07, 6.45) is 1.94. The third kappa shape index (κ3) is 7.51. The van der Waals surface area contributed by atoms with Crippen molar-refractivity contribution in [3.63, 3.8) is 0 Å². The van der Waals surface area contributed by atoms with Crippen molar-refractivity contribution in [3.8, 4) is 0 Å². The van der Waals surface area contributed by atoms with Gasteiger partial charge in [-0.25, -0.2) is 4.98 Å². The minimum atomic E-state index is -0.546. The zero-order valence-corrected chi connectivity index (χ0v) is 16.5. The second kappa shape index (κ2) is 12.2. The molecule has 2 N–H and O–H groups in total. The van der Waals surface area contributed by atoms with Gasteiger partial charge in [-0.15, -0.1) is 48.6 Å². The molecule has 1 aromatic rings. The number of aryl methyl sites for hydroxylation is 1. The number of hydrogen-bond acceptors (Lipinski definition) is 6. The van der Waals surface area contributed by atoms with Gasteiger partial charge in [0.05, 0.1) is 11.6 Å². The SMILES string of the molecule is COCC(N)C(=O)N1CCN(Cc2cnc(C)s2)CC1.Cl.Cl.Cl. The zero-order valence-electron chi connectivity index (χ0n) is 13.3. The highest BCUT2D eigenvalue weighted by Crippen LogP contribution is 2.15. The molecule has 1 saturated heterocycles. The highest BCUT2D eigenvalue weighted by Gasteiger charge is 2.25. The van der Waals surface area contributed by atoms with Gasteiger partial charge in [0.15, 0.2) is 0 Å². The maximum absolute atomic E-state index is 12.1. The average Bonchev–Trinajstić information content (AvgIpc) is 2.84. The van der Waals surface area contributed by atoms with Crippen LogP contribution in [0.25, 0.3) is 0 Å². The van der Waals surface area contributed by atoms with Crippen LogP contribution in [0.3, 0.4) is 0 Å². The second-order valence-electron chi connectivity index (χ2n) is 5.01. The lowest BCUT2D eigenvalue weighted by Crippen LogP contribution is -2.53. The minimum Gasteiger partial charge on any atom is -0.383 e. The van der Waals surface area contributed by atoms with Gasteiger partial charge in [-0.2, -0.15) is 0 Å². The summed E-state index contributed by atoms with van der Waals surface area (Å²) < 4.78 is 4.93. The number of aromatic nitrogens is 1. The van der Waals surface area contributed by atoms with Gasteiger partial charge in [-0.3, -0.25) is 9.69 Å². The first-order valence-corrected chi connectivity index (χ1v) is 7.58. The van der Waals surface area contributed by atoms with E-state index >= 15 is 0 Å². The third-order valence-corrected chi connectivity index (χ3v) is 4.29. The summed E-state index contributed by atoms with van der Waals surface area (Å²) in [7, 11) is 1.56. The number of nitrogens with two attached hydrogens (primary N) is 1. The molecule has 2 rings (SSSR count). The van der Waals surface area contributed by atoms with Gasteiger partial charge in [-0.05, 0) is 6.92 Å². The van der Waals surface area contributed by atoms with E-state index in [2.05, 4.69) is 9.88 Å². The van der Waals surface area contributed by atoms with Crippen LogP contribution in [-0.4, -0.2) is 66.6 Å². The van der Waals surface area contributed by atoms with E-state index in [4.69, 9.17) is 10.5 Å². The van der Waals surface area contributed by atoms with Crippen LogP contribution in [-0.2, 0) is 16.1 Å². The smallest absolute Gasteiger partial charge is 0.241 e. The molecule has 0 saturated carbocycles. The van der Waals surface area contributed by atoms with E-state index in [1.54, 1.807) is 18.4 Å². The van der Waals surface area contributed by atoms with E-state index in [0.29, 0.717) is 0 Å². The zero-order chi connectivity index (χ0) is 14.5. The average molecular weight is 408 g/mol. The molecular weight excluding hydrogens is 383 g/mol. The molecule has 23 heavy (non-hydrogen) atoms. The molecule has 1 amide bonds. The molecule has 0 aliphatic carbocycles. The Bertz CT molecular complexity index is 456. The van der Waals surface area contributed by atoms with E-state index in [0.717, 1.165) is 37.7 Å². The molecule has 0 bridgehead atoms. The number of halogens is 3. The Kier molecular flexibility index (Phi) is 13.4. The lowest BCUT2D eigenvalue weighted by molar-refractivity contribution is -0.135. The van der Waals surface area contributed by atoms with Crippen molar-refractivity contribution in [2.75, 3.05) is 39.9 Å². The van der Waals surface area contributed by atoms with E-state index in [1.165, 1.54) is 4.88 Å². The molecule has 0 aromatic carbocycles. The Hall–Kier alpha value is -0.150. The van der Waals surface area contributed by atoms with Gasteiger partial charge in [0, 0.05) is 50.9 Å². The van der Waals surface area contributed by atoms with E-state index in [-0.39, 0.29) is 49.7 Å². The summed E-state index contributed by atoms with van der Waals surface area (Å²) in [4.78, 5) is 21.8. The fraction of sp³-hybridized carbons (Fsp3) is 0.692. The summed E-state index contributed by atoms with van der Waals surface area (Å²) in [5.41, 5.74) is 5.78. The first kappa shape index (κ1) is 25.1. The molecule has 0 radical (unpaired) electrons. The summed E-state index contributed by atoms with van der Waals surface area (Å²) in [5, 5.41) is 1.10. The van der Waals surface area contributed by atoms with Gasteiger partial charge in [-0.1, -0.05) is 0 Å². The van der Waals surface area contributed by atoms with Gasteiger partial charge in [0.1, 0.15) is 6.04 Å². The Morgan fingerprint density at radius 2 is 1.96 bits per heavy atom. The Balaban J connectivity index is 0. The molecule has 1 aliphatic rings. The lowest BCUT2D eigenvalue weighted by atomic mass is 10.2. The highest BCUT2D eigenvalue weighted by atomic mass is 35.5. The van der Waals surface area contributed by atoms with Gasteiger partial charge in [0.2, 0.25) is 5.91 Å². The van der Waals surface area contributed by atoms with Crippen LogP contribution >= 0.6 is 48.6 Å². The Morgan fingerprint density at radius 3 is 2.43 bits per heavy atom. The van der Waals surface area contributed by atoms with Gasteiger partial charge < -0.3 is 15.4 Å². The number of thiazole rings is 1. The number of rotatable bonds is 5. The standard InChI is InChI=1S/C13H22N4O2S.3ClH/c1-10-15-7-11(20-10)8-16-3-5-17(6-4-16)13(18)12(14)9-19-2;;;/h7,12H,3-6,8-9,14H2,1-2H3;3*1H. The van der Waals surface area contributed by atoms with Crippen molar-refractivity contribution < 1.29 is 9.53 Å². The van der Waals surface area contributed by atoms with Crippen molar-refractivity contribution in [3.05, 3.63) is 16.1 Å². The van der Waals surface area contributed by atoms with E-state index in [9.17, 15) is 4.79 Å². The van der Waals surface area contributed by atoms with Crippen LogP contribution in [0.15, 0.2) is 6.20 Å². The fourth-order valence-electron chi connectivity index (χ4n) is 2.31. The number of ether oxygens (including phenoxy) is 1.